The Bertz CT molecular complexity index is 1030. The van der Waals surface area contributed by atoms with E-state index in [1.165, 1.54) is 18.2 Å². The highest BCUT2D eigenvalue weighted by molar-refractivity contribution is 7.91. The number of sulfone groups is 1. The van der Waals surface area contributed by atoms with Crippen molar-refractivity contribution in [2.75, 3.05) is 31.1 Å². The molecule has 0 bridgehead atoms. The average Bonchev–Trinajstić information content (AvgIpc) is 3.06. The van der Waals surface area contributed by atoms with E-state index < -0.39 is 9.84 Å². The predicted molar refractivity (Wildman–Crippen MR) is 96.0 cm³/mol. The molecule has 6 nitrogen and oxygen atoms in total. The molecule has 2 aromatic carbocycles. The third kappa shape index (κ3) is 2.99. The zero-order valence-corrected chi connectivity index (χ0v) is 14.8. The number of nitrogens with one attached hydrogen (secondary N) is 1. The molecule has 0 spiro atoms. The van der Waals surface area contributed by atoms with Crippen molar-refractivity contribution in [1.29, 1.82) is 0 Å². The van der Waals surface area contributed by atoms with Crippen LogP contribution in [0.5, 0.6) is 0 Å². The van der Waals surface area contributed by atoms with Gasteiger partial charge < -0.3 is 14.6 Å². The molecule has 4 rings (SSSR count). The molecule has 0 atom stereocenters. The maximum absolute atomic E-state index is 13.0. The van der Waals surface area contributed by atoms with Crippen LogP contribution in [0.15, 0.2) is 56.7 Å². The number of oxazole rings is 1. The van der Waals surface area contributed by atoms with E-state index in [0.717, 1.165) is 26.2 Å². The second kappa shape index (κ2) is 6.33. The minimum Gasteiger partial charge on any atom is -0.422 e. The number of halogens is 1. The first-order chi connectivity index (χ1) is 12.1. The van der Waals surface area contributed by atoms with Crippen molar-refractivity contribution in [3.05, 3.63) is 47.5 Å². The summed E-state index contributed by atoms with van der Waals surface area (Å²) in [6.07, 6.45) is 0. The van der Waals surface area contributed by atoms with Crippen molar-refractivity contribution in [2.24, 2.45) is 0 Å². The fraction of sp³-hybridized carbons (Fsp3) is 0.235. The first-order valence-electron chi connectivity index (χ1n) is 7.91. The summed E-state index contributed by atoms with van der Waals surface area (Å²) < 4.78 is 31.9. The third-order valence-corrected chi connectivity index (χ3v) is 6.16. The Morgan fingerprint density at radius 2 is 1.88 bits per heavy atom. The van der Waals surface area contributed by atoms with E-state index in [-0.39, 0.29) is 15.4 Å². The molecule has 1 aliphatic rings. The van der Waals surface area contributed by atoms with Crippen molar-refractivity contribution < 1.29 is 12.8 Å². The van der Waals surface area contributed by atoms with Gasteiger partial charge in [0.2, 0.25) is 9.84 Å². The van der Waals surface area contributed by atoms with Gasteiger partial charge in [0.15, 0.2) is 5.58 Å². The van der Waals surface area contributed by atoms with E-state index in [0.29, 0.717) is 16.6 Å². The molecule has 1 N–H and O–H groups in total. The molecule has 0 amide bonds. The van der Waals surface area contributed by atoms with Crippen LogP contribution in [0.1, 0.15) is 0 Å². The fourth-order valence-electron chi connectivity index (χ4n) is 2.88. The van der Waals surface area contributed by atoms with Crippen LogP contribution in [0.25, 0.3) is 11.1 Å². The lowest BCUT2D eigenvalue weighted by atomic mass is 10.3. The first-order valence-corrected chi connectivity index (χ1v) is 9.78. The van der Waals surface area contributed by atoms with E-state index in [1.807, 2.05) is 4.90 Å². The van der Waals surface area contributed by atoms with Gasteiger partial charge in [0, 0.05) is 31.2 Å². The van der Waals surface area contributed by atoms with E-state index >= 15 is 0 Å². The molecule has 0 unspecified atom stereocenters. The Hall–Kier alpha value is -2.09. The standard InChI is InChI=1S/C17H16ClN3O3S/c18-12-3-1-4-13(11-12)25(22,23)15-6-2-5-14-16(15)24-17(20-14)21-9-7-19-8-10-21/h1-6,11,19H,7-10H2. The lowest BCUT2D eigenvalue weighted by Gasteiger charge is -2.25. The molecule has 2 heterocycles. The van der Waals surface area contributed by atoms with Crippen LogP contribution in [0.2, 0.25) is 5.02 Å². The highest BCUT2D eigenvalue weighted by Gasteiger charge is 2.25. The number of nitrogens with zero attached hydrogens (tertiary/aromatic N) is 2. The van der Waals surface area contributed by atoms with Crippen molar-refractivity contribution in [3.8, 4) is 0 Å². The lowest BCUT2D eigenvalue weighted by Crippen LogP contribution is -2.43. The highest BCUT2D eigenvalue weighted by atomic mass is 35.5. The number of fused-ring (bicyclic) bond motifs is 1. The van der Waals surface area contributed by atoms with Crippen LogP contribution in [0, 0.1) is 0 Å². The number of rotatable bonds is 3. The van der Waals surface area contributed by atoms with E-state index in [9.17, 15) is 8.42 Å². The summed E-state index contributed by atoms with van der Waals surface area (Å²) in [7, 11) is -3.75. The zero-order chi connectivity index (χ0) is 17.4. The maximum atomic E-state index is 13.0. The summed E-state index contributed by atoms with van der Waals surface area (Å²) in [6.45, 7) is 3.21. The van der Waals surface area contributed by atoms with Crippen molar-refractivity contribution in [3.63, 3.8) is 0 Å². The van der Waals surface area contributed by atoms with Crippen LogP contribution >= 0.6 is 11.6 Å². The van der Waals surface area contributed by atoms with Crippen LogP contribution in [-0.4, -0.2) is 39.6 Å². The molecule has 0 aliphatic carbocycles. The molecule has 1 aliphatic heterocycles. The Labute approximate surface area is 150 Å². The average molecular weight is 378 g/mol. The van der Waals surface area contributed by atoms with Gasteiger partial charge in [0.25, 0.3) is 6.01 Å². The van der Waals surface area contributed by atoms with Gasteiger partial charge in [0.05, 0.1) is 4.90 Å². The van der Waals surface area contributed by atoms with E-state index in [1.54, 1.807) is 24.3 Å². The monoisotopic (exact) mass is 377 g/mol. The Balaban J connectivity index is 1.83. The summed E-state index contributed by atoms with van der Waals surface area (Å²) in [4.78, 5) is 6.70. The van der Waals surface area contributed by atoms with Gasteiger partial charge in [-0.1, -0.05) is 23.7 Å². The van der Waals surface area contributed by atoms with Gasteiger partial charge in [-0.3, -0.25) is 0 Å². The second-order valence-corrected chi connectivity index (χ2v) is 8.15. The van der Waals surface area contributed by atoms with Gasteiger partial charge in [0.1, 0.15) is 10.4 Å². The first kappa shape index (κ1) is 16.4. The SMILES string of the molecule is O=S(=O)(c1cccc(Cl)c1)c1cccc2nc(N3CCNCC3)oc12. The Morgan fingerprint density at radius 3 is 2.64 bits per heavy atom. The van der Waals surface area contributed by atoms with Crippen molar-refractivity contribution in [2.45, 2.75) is 9.79 Å². The minimum absolute atomic E-state index is 0.0983. The van der Waals surface area contributed by atoms with Gasteiger partial charge in [-0.25, -0.2) is 8.42 Å². The molecule has 1 saturated heterocycles. The summed E-state index contributed by atoms with van der Waals surface area (Å²) >= 11 is 5.95. The molecule has 1 fully saturated rings. The minimum atomic E-state index is -3.75. The summed E-state index contributed by atoms with van der Waals surface area (Å²) in [5, 5.41) is 3.63. The van der Waals surface area contributed by atoms with Gasteiger partial charge >= 0.3 is 0 Å². The Morgan fingerprint density at radius 1 is 1.12 bits per heavy atom. The summed E-state index contributed by atoms with van der Waals surface area (Å²) in [6, 6.07) is 11.6. The second-order valence-electron chi connectivity index (χ2n) is 5.80. The van der Waals surface area contributed by atoms with Crippen LogP contribution in [-0.2, 0) is 9.84 Å². The molecule has 25 heavy (non-hydrogen) atoms. The quantitative estimate of drug-likeness (QED) is 0.756. The lowest BCUT2D eigenvalue weighted by molar-refractivity contribution is 0.514. The summed E-state index contributed by atoms with van der Waals surface area (Å²) in [5.74, 6) is 0. The molecule has 8 heteroatoms. The number of aromatic nitrogens is 1. The van der Waals surface area contributed by atoms with Crippen LogP contribution < -0.4 is 10.2 Å². The molecular formula is C17H16ClN3O3S. The molecule has 130 valence electrons. The van der Waals surface area contributed by atoms with E-state index in [2.05, 4.69) is 10.3 Å². The predicted octanol–water partition coefficient (Wildman–Crippen LogP) is 2.72. The third-order valence-electron chi connectivity index (χ3n) is 4.15. The molecule has 1 aromatic heterocycles. The van der Waals surface area contributed by atoms with Crippen molar-refractivity contribution in [1.82, 2.24) is 10.3 Å². The molecule has 3 aromatic rings. The smallest absolute Gasteiger partial charge is 0.298 e. The highest BCUT2D eigenvalue weighted by Crippen LogP contribution is 2.32. The molecular weight excluding hydrogens is 362 g/mol. The number of piperazine rings is 1. The molecule has 0 saturated carbocycles. The zero-order valence-electron chi connectivity index (χ0n) is 13.3. The van der Waals surface area contributed by atoms with Crippen LogP contribution in [0.3, 0.4) is 0 Å². The number of benzene rings is 2. The number of para-hydroxylation sites is 1. The topological polar surface area (TPSA) is 75.4 Å². The largest absolute Gasteiger partial charge is 0.422 e. The maximum Gasteiger partial charge on any atom is 0.298 e. The van der Waals surface area contributed by atoms with Crippen LogP contribution in [0.4, 0.5) is 6.01 Å². The van der Waals surface area contributed by atoms with Gasteiger partial charge in [-0.15, -0.1) is 0 Å². The number of anilines is 1. The normalized spacial score (nSPS) is 15.6. The van der Waals surface area contributed by atoms with Gasteiger partial charge in [-0.2, -0.15) is 4.98 Å². The Kier molecular flexibility index (Phi) is 4.15. The molecule has 0 radical (unpaired) electrons. The number of hydrogen-bond acceptors (Lipinski definition) is 6. The van der Waals surface area contributed by atoms with Crippen molar-refractivity contribution >= 4 is 38.6 Å². The van der Waals surface area contributed by atoms with E-state index in [4.69, 9.17) is 16.0 Å². The summed E-state index contributed by atoms with van der Waals surface area (Å²) in [5.41, 5.74) is 0.799. The fourth-order valence-corrected chi connectivity index (χ4v) is 4.57. The van der Waals surface area contributed by atoms with Gasteiger partial charge in [-0.05, 0) is 30.3 Å². The number of hydrogen-bond donors (Lipinski definition) is 1.